The van der Waals surface area contributed by atoms with Crippen molar-refractivity contribution in [3.05, 3.63) is 29.3 Å². The quantitative estimate of drug-likeness (QED) is 0.894. The maximum absolute atomic E-state index is 11.3. The summed E-state index contributed by atoms with van der Waals surface area (Å²) in [6, 6.07) is 4.75. The molecular formula is C12H14O5S. The Kier molecular flexibility index (Phi) is 3.30. The zero-order valence-electron chi connectivity index (χ0n) is 9.92. The van der Waals surface area contributed by atoms with Crippen molar-refractivity contribution < 1.29 is 23.1 Å². The van der Waals surface area contributed by atoms with Crippen molar-refractivity contribution in [1.29, 1.82) is 0 Å². The predicted octanol–water partition coefficient (Wildman–Crippen LogP) is 1.26. The largest absolute Gasteiger partial charge is 0.489 e. The molecule has 1 atom stereocenters. The smallest absolute Gasteiger partial charge is 0.336 e. The number of aromatic carboxylic acids is 1. The van der Waals surface area contributed by atoms with E-state index in [4.69, 9.17) is 9.84 Å². The first-order valence-corrected chi connectivity index (χ1v) is 7.41. The van der Waals surface area contributed by atoms with Gasteiger partial charge in [-0.3, -0.25) is 0 Å². The SMILES string of the molecule is Cc1c(OC2CCS(=O)(=O)C2)cccc1C(=O)O. The molecule has 0 aliphatic carbocycles. The second-order valence-electron chi connectivity index (χ2n) is 4.38. The van der Waals surface area contributed by atoms with E-state index in [0.29, 0.717) is 17.7 Å². The molecule has 1 unspecified atom stereocenters. The number of benzene rings is 1. The summed E-state index contributed by atoms with van der Waals surface area (Å²) in [5.74, 6) is -0.437. The zero-order chi connectivity index (χ0) is 13.3. The summed E-state index contributed by atoms with van der Waals surface area (Å²) in [6.07, 6.45) is 0.0803. The molecule has 5 nitrogen and oxygen atoms in total. The number of carbonyl (C=O) groups is 1. The van der Waals surface area contributed by atoms with Crippen molar-refractivity contribution in [1.82, 2.24) is 0 Å². The van der Waals surface area contributed by atoms with Crippen LogP contribution in [0.5, 0.6) is 5.75 Å². The molecule has 98 valence electrons. The summed E-state index contributed by atoms with van der Waals surface area (Å²) in [7, 11) is -3.00. The molecule has 1 fully saturated rings. The fourth-order valence-corrected chi connectivity index (χ4v) is 3.60. The van der Waals surface area contributed by atoms with E-state index < -0.39 is 15.8 Å². The Hall–Kier alpha value is -1.56. The standard InChI is InChI=1S/C12H14O5S/c1-8-10(12(13)14)3-2-4-11(8)17-9-5-6-18(15,16)7-9/h2-4,9H,5-7H2,1H3,(H,13,14). The predicted molar refractivity (Wildman–Crippen MR) is 65.8 cm³/mol. The lowest BCUT2D eigenvalue weighted by molar-refractivity contribution is 0.0695. The van der Waals surface area contributed by atoms with Crippen LogP contribution >= 0.6 is 0 Å². The Morgan fingerprint density at radius 1 is 1.44 bits per heavy atom. The first-order valence-electron chi connectivity index (χ1n) is 5.59. The van der Waals surface area contributed by atoms with E-state index in [-0.39, 0.29) is 23.2 Å². The van der Waals surface area contributed by atoms with Gasteiger partial charge in [-0.2, -0.15) is 0 Å². The zero-order valence-corrected chi connectivity index (χ0v) is 10.7. The molecule has 18 heavy (non-hydrogen) atoms. The summed E-state index contributed by atoms with van der Waals surface area (Å²) < 4.78 is 28.2. The van der Waals surface area contributed by atoms with Crippen LogP contribution in [0.25, 0.3) is 0 Å². The Labute approximate surface area is 105 Å². The van der Waals surface area contributed by atoms with Crippen LogP contribution in [0.1, 0.15) is 22.3 Å². The van der Waals surface area contributed by atoms with Crippen LogP contribution in [0, 0.1) is 6.92 Å². The number of hydrogen-bond acceptors (Lipinski definition) is 4. The van der Waals surface area contributed by atoms with Gasteiger partial charge in [0.25, 0.3) is 0 Å². The van der Waals surface area contributed by atoms with Gasteiger partial charge in [-0.15, -0.1) is 0 Å². The molecule has 0 spiro atoms. The molecule has 1 saturated heterocycles. The highest BCUT2D eigenvalue weighted by Gasteiger charge is 2.29. The van der Waals surface area contributed by atoms with E-state index in [2.05, 4.69) is 0 Å². The fourth-order valence-electron chi connectivity index (χ4n) is 2.01. The van der Waals surface area contributed by atoms with Crippen molar-refractivity contribution in [2.75, 3.05) is 11.5 Å². The van der Waals surface area contributed by atoms with E-state index >= 15 is 0 Å². The fraction of sp³-hybridized carbons (Fsp3) is 0.417. The van der Waals surface area contributed by atoms with E-state index in [1.54, 1.807) is 19.1 Å². The van der Waals surface area contributed by atoms with Gasteiger partial charge in [-0.1, -0.05) is 6.07 Å². The minimum Gasteiger partial charge on any atom is -0.489 e. The maximum Gasteiger partial charge on any atom is 0.336 e. The third kappa shape index (κ3) is 2.64. The molecule has 0 radical (unpaired) electrons. The average Bonchev–Trinajstić information content (AvgIpc) is 2.61. The van der Waals surface area contributed by atoms with E-state index in [1.165, 1.54) is 6.07 Å². The van der Waals surface area contributed by atoms with Gasteiger partial charge in [0.1, 0.15) is 11.9 Å². The van der Waals surface area contributed by atoms with Gasteiger partial charge in [0.2, 0.25) is 0 Å². The van der Waals surface area contributed by atoms with Gasteiger partial charge in [-0.25, -0.2) is 13.2 Å². The Morgan fingerprint density at radius 2 is 2.17 bits per heavy atom. The second-order valence-corrected chi connectivity index (χ2v) is 6.61. The van der Waals surface area contributed by atoms with Gasteiger partial charge >= 0.3 is 5.97 Å². The van der Waals surface area contributed by atoms with Gasteiger partial charge < -0.3 is 9.84 Å². The molecule has 2 rings (SSSR count). The van der Waals surface area contributed by atoms with Crippen LogP contribution in [0.2, 0.25) is 0 Å². The Bertz CT molecular complexity index is 576. The molecule has 1 aromatic rings. The third-order valence-corrected chi connectivity index (χ3v) is 4.74. The minimum absolute atomic E-state index is 0.00371. The van der Waals surface area contributed by atoms with Gasteiger partial charge in [0.15, 0.2) is 9.84 Å². The minimum atomic E-state index is -3.00. The highest BCUT2D eigenvalue weighted by Crippen LogP contribution is 2.25. The van der Waals surface area contributed by atoms with Crippen LogP contribution in [-0.2, 0) is 9.84 Å². The Morgan fingerprint density at radius 3 is 2.72 bits per heavy atom. The third-order valence-electron chi connectivity index (χ3n) is 3.00. The lowest BCUT2D eigenvalue weighted by Gasteiger charge is -2.15. The Balaban J connectivity index is 2.20. The molecule has 0 amide bonds. The second kappa shape index (κ2) is 4.61. The molecule has 1 aliphatic heterocycles. The molecular weight excluding hydrogens is 256 g/mol. The lowest BCUT2D eigenvalue weighted by atomic mass is 10.1. The van der Waals surface area contributed by atoms with Crippen LogP contribution in [0.3, 0.4) is 0 Å². The van der Waals surface area contributed by atoms with E-state index in [1.807, 2.05) is 0 Å². The van der Waals surface area contributed by atoms with Gasteiger partial charge in [-0.05, 0) is 25.5 Å². The van der Waals surface area contributed by atoms with Crippen LogP contribution < -0.4 is 4.74 Å². The van der Waals surface area contributed by atoms with E-state index in [9.17, 15) is 13.2 Å². The summed E-state index contributed by atoms with van der Waals surface area (Å²) in [5.41, 5.74) is 0.697. The number of hydrogen-bond donors (Lipinski definition) is 1. The average molecular weight is 270 g/mol. The molecule has 0 bridgehead atoms. The maximum atomic E-state index is 11.3. The van der Waals surface area contributed by atoms with Gasteiger partial charge in [0, 0.05) is 5.56 Å². The van der Waals surface area contributed by atoms with Crippen molar-refractivity contribution in [2.45, 2.75) is 19.4 Å². The monoisotopic (exact) mass is 270 g/mol. The number of carboxylic acid groups (broad SMARTS) is 1. The number of sulfone groups is 1. The molecule has 0 aromatic heterocycles. The van der Waals surface area contributed by atoms with Gasteiger partial charge in [0.05, 0.1) is 17.1 Å². The highest BCUT2D eigenvalue weighted by atomic mass is 32.2. The molecule has 0 saturated carbocycles. The van der Waals surface area contributed by atoms with Crippen LogP contribution in [0.4, 0.5) is 0 Å². The summed E-state index contributed by atoms with van der Waals surface area (Å²) in [4.78, 5) is 11.0. The van der Waals surface area contributed by atoms with Crippen molar-refractivity contribution in [3.63, 3.8) is 0 Å². The van der Waals surface area contributed by atoms with Crippen molar-refractivity contribution in [2.24, 2.45) is 0 Å². The van der Waals surface area contributed by atoms with E-state index in [0.717, 1.165) is 0 Å². The van der Waals surface area contributed by atoms with Crippen LogP contribution in [0.15, 0.2) is 18.2 Å². The molecule has 1 aliphatic rings. The molecule has 6 heteroatoms. The molecule has 1 N–H and O–H groups in total. The van der Waals surface area contributed by atoms with Crippen molar-refractivity contribution in [3.8, 4) is 5.75 Å². The highest BCUT2D eigenvalue weighted by molar-refractivity contribution is 7.91. The first-order chi connectivity index (χ1) is 8.39. The summed E-state index contributed by atoms with van der Waals surface area (Å²) in [6.45, 7) is 1.65. The summed E-state index contributed by atoms with van der Waals surface area (Å²) >= 11 is 0. The number of ether oxygens (including phenoxy) is 1. The normalized spacial score (nSPS) is 21.7. The van der Waals surface area contributed by atoms with Crippen molar-refractivity contribution >= 4 is 15.8 Å². The number of carboxylic acids is 1. The lowest BCUT2D eigenvalue weighted by Crippen LogP contribution is -2.18. The topological polar surface area (TPSA) is 80.7 Å². The first kappa shape index (κ1) is 12.9. The molecule has 1 aromatic carbocycles. The molecule has 1 heterocycles. The van der Waals surface area contributed by atoms with Crippen LogP contribution in [-0.4, -0.2) is 37.1 Å². The summed E-state index contributed by atoms with van der Waals surface area (Å²) in [5, 5.41) is 8.98. The number of rotatable bonds is 3.